The van der Waals surface area contributed by atoms with Gasteiger partial charge in [-0.15, -0.1) is 12.4 Å². The van der Waals surface area contributed by atoms with Crippen LogP contribution in [0.4, 0.5) is 8.78 Å². The van der Waals surface area contributed by atoms with E-state index in [0.29, 0.717) is 5.92 Å². The summed E-state index contributed by atoms with van der Waals surface area (Å²) >= 11 is 0. The van der Waals surface area contributed by atoms with Crippen LogP contribution < -0.4 is 5.32 Å². The van der Waals surface area contributed by atoms with Gasteiger partial charge < -0.3 is 10.1 Å². The molecular weight excluding hydrogens is 188 g/mol. The van der Waals surface area contributed by atoms with E-state index >= 15 is 0 Å². The van der Waals surface area contributed by atoms with E-state index in [1.165, 1.54) is 0 Å². The summed E-state index contributed by atoms with van der Waals surface area (Å²) in [4.78, 5) is 0. The zero-order chi connectivity index (χ0) is 8.10. The van der Waals surface area contributed by atoms with Crippen molar-refractivity contribution in [3.8, 4) is 0 Å². The Balaban J connectivity index is 0.00000121. The molecule has 1 aliphatic rings. The molecule has 0 spiro atoms. The van der Waals surface area contributed by atoms with Crippen LogP contribution >= 0.6 is 12.4 Å². The van der Waals surface area contributed by atoms with E-state index in [4.69, 9.17) is 0 Å². The second-order valence-electron chi connectivity index (χ2n) is 2.79. The minimum absolute atomic E-state index is 0. The third-order valence-corrected chi connectivity index (χ3v) is 1.92. The van der Waals surface area contributed by atoms with Crippen LogP contribution in [0.3, 0.4) is 0 Å². The largest absolute Gasteiger partial charge is 0.345 e. The Labute approximate surface area is 77.1 Å². The SMILES string of the molecule is Cl.FC(F)OCC1CCNCC1. The van der Waals surface area contributed by atoms with Gasteiger partial charge in [0.25, 0.3) is 0 Å². The molecule has 1 aliphatic heterocycles. The third-order valence-electron chi connectivity index (χ3n) is 1.92. The summed E-state index contributed by atoms with van der Waals surface area (Å²) in [5.41, 5.74) is 0. The van der Waals surface area contributed by atoms with Crippen LogP contribution in [0.2, 0.25) is 0 Å². The Kier molecular flexibility index (Phi) is 6.61. The van der Waals surface area contributed by atoms with Crippen molar-refractivity contribution in [2.24, 2.45) is 5.92 Å². The van der Waals surface area contributed by atoms with Gasteiger partial charge in [-0.25, -0.2) is 0 Å². The second-order valence-corrected chi connectivity index (χ2v) is 2.79. The van der Waals surface area contributed by atoms with Gasteiger partial charge in [-0.3, -0.25) is 0 Å². The first-order valence-corrected chi connectivity index (χ1v) is 3.89. The summed E-state index contributed by atoms with van der Waals surface area (Å²) in [7, 11) is 0. The third kappa shape index (κ3) is 4.85. The summed E-state index contributed by atoms with van der Waals surface area (Å²) in [5, 5.41) is 3.16. The monoisotopic (exact) mass is 201 g/mol. The highest BCUT2D eigenvalue weighted by molar-refractivity contribution is 5.85. The molecule has 0 atom stereocenters. The smallest absolute Gasteiger partial charge is 0.323 e. The molecule has 0 unspecified atom stereocenters. The van der Waals surface area contributed by atoms with E-state index in [-0.39, 0.29) is 19.0 Å². The van der Waals surface area contributed by atoms with Crippen LogP contribution in [0.25, 0.3) is 0 Å². The predicted molar refractivity (Wildman–Crippen MR) is 44.8 cm³/mol. The molecule has 0 aromatic carbocycles. The molecular formula is C7H14ClF2NO. The fourth-order valence-electron chi connectivity index (χ4n) is 1.26. The van der Waals surface area contributed by atoms with Crippen LogP contribution in [0.1, 0.15) is 12.8 Å². The molecule has 1 fully saturated rings. The van der Waals surface area contributed by atoms with Crippen molar-refractivity contribution in [3.05, 3.63) is 0 Å². The van der Waals surface area contributed by atoms with Gasteiger partial charge in [0.2, 0.25) is 0 Å². The minimum Gasteiger partial charge on any atom is -0.323 e. The number of ether oxygens (including phenoxy) is 1. The first kappa shape index (κ1) is 12.1. The zero-order valence-corrected chi connectivity index (χ0v) is 7.58. The number of piperidine rings is 1. The molecule has 2 nitrogen and oxygen atoms in total. The van der Waals surface area contributed by atoms with Gasteiger partial charge in [0, 0.05) is 0 Å². The van der Waals surface area contributed by atoms with Crippen LogP contribution in [0.5, 0.6) is 0 Å². The van der Waals surface area contributed by atoms with Gasteiger partial charge in [0.15, 0.2) is 0 Å². The number of hydrogen-bond acceptors (Lipinski definition) is 2. The molecule has 5 heteroatoms. The Morgan fingerprint density at radius 1 is 1.33 bits per heavy atom. The quantitative estimate of drug-likeness (QED) is 0.750. The molecule has 1 rings (SSSR count). The first-order valence-electron chi connectivity index (χ1n) is 3.89. The topological polar surface area (TPSA) is 21.3 Å². The molecule has 0 amide bonds. The van der Waals surface area contributed by atoms with Crippen molar-refractivity contribution in [2.75, 3.05) is 19.7 Å². The van der Waals surface area contributed by atoms with E-state index in [0.717, 1.165) is 25.9 Å². The molecule has 0 saturated carbocycles. The predicted octanol–water partition coefficient (Wildman–Crippen LogP) is 1.65. The van der Waals surface area contributed by atoms with Crippen LogP contribution in [-0.2, 0) is 4.74 Å². The van der Waals surface area contributed by atoms with Crippen molar-refractivity contribution in [1.29, 1.82) is 0 Å². The second kappa shape index (κ2) is 6.57. The number of halogens is 3. The lowest BCUT2D eigenvalue weighted by atomic mass is 9.99. The summed E-state index contributed by atoms with van der Waals surface area (Å²) in [6.45, 7) is -0.543. The van der Waals surface area contributed by atoms with Crippen molar-refractivity contribution in [2.45, 2.75) is 19.5 Å². The van der Waals surface area contributed by atoms with Crippen LogP contribution in [-0.4, -0.2) is 26.3 Å². The summed E-state index contributed by atoms with van der Waals surface area (Å²) in [5.74, 6) is 0.324. The molecule has 0 bridgehead atoms. The van der Waals surface area contributed by atoms with E-state index in [1.54, 1.807) is 0 Å². The first-order chi connectivity index (χ1) is 5.29. The molecule has 12 heavy (non-hydrogen) atoms. The Morgan fingerprint density at radius 3 is 2.42 bits per heavy atom. The Bertz CT molecular complexity index is 110. The van der Waals surface area contributed by atoms with E-state index in [1.807, 2.05) is 0 Å². The van der Waals surface area contributed by atoms with Crippen molar-refractivity contribution >= 4 is 12.4 Å². The van der Waals surface area contributed by atoms with Crippen LogP contribution in [0.15, 0.2) is 0 Å². The van der Waals surface area contributed by atoms with Gasteiger partial charge in [0.1, 0.15) is 0 Å². The lowest BCUT2D eigenvalue weighted by Crippen LogP contribution is -2.30. The molecule has 1 saturated heterocycles. The van der Waals surface area contributed by atoms with Gasteiger partial charge in [-0.05, 0) is 31.8 Å². The highest BCUT2D eigenvalue weighted by Gasteiger charge is 2.14. The average Bonchev–Trinajstić information content (AvgIpc) is 2.03. The highest BCUT2D eigenvalue weighted by atomic mass is 35.5. The van der Waals surface area contributed by atoms with Gasteiger partial charge >= 0.3 is 6.61 Å². The summed E-state index contributed by atoms with van der Waals surface area (Å²) < 4.78 is 27.3. The fourth-order valence-corrected chi connectivity index (χ4v) is 1.26. The lowest BCUT2D eigenvalue weighted by Gasteiger charge is -2.21. The maximum Gasteiger partial charge on any atom is 0.345 e. The summed E-state index contributed by atoms with van der Waals surface area (Å²) in [6, 6.07) is 0. The highest BCUT2D eigenvalue weighted by Crippen LogP contribution is 2.12. The fraction of sp³-hybridized carbons (Fsp3) is 1.00. The normalized spacial score (nSPS) is 19.2. The maximum atomic E-state index is 11.6. The maximum absolute atomic E-state index is 11.6. The molecule has 1 N–H and O–H groups in total. The van der Waals surface area contributed by atoms with E-state index < -0.39 is 6.61 Å². The minimum atomic E-state index is -2.61. The van der Waals surface area contributed by atoms with Crippen molar-refractivity contribution < 1.29 is 13.5 Å². The summed E-state index contributed by atoms with van der Waals surface area (Å²) in [6.07, 6.45) is 1.90. The molecule has 0 aliphatic carbocycles. The molecule has 1 heterocycles. The average molecular weight is 202 g/mol. The molecule has 74 valence electrons. The molecule has 0 radical (unpaired) electrons. The number of alkyl halides is 2. The van der Waals surface area contributed by atoms with Crippen molar-refractivity contribution in [1.82, 2.24) is 5.32 Å². The molecule has 0 aromatic rings. The number of hydrogen-bond donors (Lipinski definition) is 1. The van der Waals surface area contributed by atoms with E-state index in [2.05, 4.69) is 10.1 Å². The lowest BCUT2D eigenvalue weighted by molar-refractivity contribution is -0.139. The zero-order valence-electron chi connectivity index (χ0n) is 6.76. The number of rotatable bonds is 3. The Hall–Kier alpha value is 0.0700. The van der Waals surface area contributed by atoms with Gasteiger partial charge in [-0.2, -0.15) is 8.78 Å². The van der Waals surface area contributed by atoms with E-state index in [9.17, 15) is 8.78 Å². The number of nitrogens with one attached hydrogen (secondary N) is 1. The Morgan fingerprint density at radius 2 is 1.92 bits per heavy atom. The van der Waals surface area contributed by atoms with Crippen LogP contribution in [0, 0.1) is 5.92 Å². The van der Waals surface area contributed by atoms with Gasteiger partial charge in [0.05, 0.1) is 6.61 Å². The molecule has 0 aromatic heterocycles. The van der Waals surface area contributed by atoms with Crippen molar-refractivity contribution in [3.63, 3.8) is 0 Å². The standard InChI is InChI=1S/C7H13F2NO.ClH/c8-7(9)11-5-6-1-3-10-4-2-6;/h6-7,10H,1-5H2;1H. The van der Waals surface area contributed by atoms with Gasteiger partial charge in [-0.1, -0.05) is 0 Å².